The maximum absolute atomic E-state index is 13.2. The summed E-state index contributed by atoms with van der Waals surface area (Å²) in [7, 11) is 0. The molecule has 1 aliphatic rings. The number of carbonyl (C=O) groups excluding carboxylic acids is 1. The summed E-state index contributed by atoms with van der Waals surface area (Å²) in [6, 6.07) is 0. The second kappa shape index (κ2) is 4.51. The minimum atomic E-state index is -1.84. The van der Waals surface area contributed by atoms with Crippen molar-refractivity contribution >= 4 is 5.97 Å². The molecule has 0 bridgehead atoms. The first kappa shape index (κ1) is 11.8. The third-order valence-electron chi connectivity index (χ3n) is 1.82. The smallest absolute Gasteiger partial charge is 0.337 e. The van der Waals surface area contributed by atoms with E-state index < -0.39 is 41.9 Å². The van der Waals surface area contributed by atoms with Crippen molar-refractivity contribution in [2.45, 2.75) is 32.5 Å². The van der Waals surface area contributed by atoms with Crippen molar-refractivity contribution in [3.63, 3.8) is 0 Å². The highest BCUT2D eigenvalue weighted by Crippen LogP contribution is 2.29. The van der Waals surface area contributed by atoms with Gasteiger partial charge in [-0.2, -0.15) is 0 Å². The Balaban J connectivity index is 2.85. The number of alkyl halides is 1. The predicted molar refractivity (Wildman–Crippen MR) is 48.1 cm³/mol. The summed E-state index contributed by atoms with van der Waals surface area (Å²) >= 11 is 0. The average molecular weight is 220 g/mol. The van der Waals surface area contributed by atoms with Gasteiger partial charge in [-0.05, 0) is 19.9 Å². The number of hydrogen-bond donors (Lipinski definition) is 0. The topological polar surface area (TPSA) is 26.3 Å². The van der Waals surface area contributed by atoms with Gasteiger partial charge in [-0.25, -0.2) is 18.0 Å². The Bertz CT molecular complexity index is 332. The van der Waals surface area contributed by atoms with Gasteiger partial charge in [0, 0.05) is 6.42 Å². The minimum absolute atomic E-state index is 0.426. The molecule has 1 rings (SSSR count). The number of hydrogen-bond acceptors (Lipinski definition) is 2. The van der Waals surface area contributed by atoms with Crippen LogP contribution in [0.25, 0.3) is 0 Å². The molecule has 0 aromatic heterocycles. The van der Waals surface area contributed by atoms with Crippen LogP contribution in [0.15, 0.2) is 23.3 Å². The van der Waals surface area contributed by atoms with E-state index >= 15 is 0 Å². The molecule has 1 aliphatic carbocycles. The number of esters is 1. The van der Waals surface area contributed by atoms with Crippen molar-refractivity contribution in [3.05, 3.63) is 23.3 Å². The molecule has 0 radical (unpaired) electrons. The van der Waals surface area contributed by atoms with Gasteiger partial charge in [0.25, 0.3) is 0 Å². The zero-order valence-corrected chi connectivity index (χ0v) is 8.39. The van der Waals surface area contributed by atoms with E-state index in [-0.39, 0.29) is 0 Å². The number of rotatable bonds is 2. The lowest BCUT2D eigenvalue weighted by Gasteiger charge is -2.16. The molecule has 0 spiro atoms. The zero-order chi connectivity index (χ0) is 11.6. The Morgan fingerprint density at radius 2 is 2.13 bits per heavy atom. The molecule has 0 fully saturated rings. The summed E-state index contributed by atoms with van der Waals surface area (Å²) in [5.74, 6) is -3.33. The summed E-state index contributed by atoms with van der Waals surface area (Å²) in [5.41, 5.74) is -0.470. The van der Waals surface area contributed by atoms with Crippen LogP contribution >= 0.6 is 0 Å². The first-order valence-electron chi connectivity index (χ1n) is 4.52. The number of halogens is 3. The molecule has 0 saturated carbocycles. The van der Waals surface area contributed by atoms with E-state index in [1.165, 1.54) is 0 Å². The summed E-state index contributed by atoms with van der Waals surface area (Å²) in [6.45, 7) is 3.17. The van der Waals surface area contributed by atoms with Gasteiger partial charge in [0.05, 0.1) is 11.7 Å². The summed E-state index contributed by atoms with van der Waals surface area (Å²) in [5, 5.41) is 0. The van der Waals surface area contributed by atoms with Crippen LogP contribution in [0.5, 0.6) is 0 Å². The van der Waals surface area contributed by atoms with Gasteiger partial charge in [-0.1, -0.05) is 0 Å². The van der Waals surface area contributed by atoms with Gasteiger partial charge in [0.1, 0.15) is 12.0 Å². The molecule has 1 unspecified atom stereocenters. The highest BCUT2D eigenvalue weighted by Gasteiger charge is 2.29. The first-order chi connectivity index (χ1) is 6.91. The molecule has 1 atom stereocenters. The summed E-state index contributed by atoms with van der Waals surface area (Å²) in [6.07, 6.45) is -2.46. The molecule has 0 amide bonds. The summed E-state index contributed by atoms with van der Waals surface area (Å²) in [4.78, 5) is 11.2. The van der Waals surface area contributed by atoms with Crippen molar-refractivity contribution in [2.75, 3.05) is 0 Å². The Labute approximate surface area is 85.4 Å². The highest BCUT2D eigenvalue weighted by atomic mass is 19.2. The number of allylic oxidation sites excluding steroid dienone is 3. The lowest BCUT2D eigenvalue weighted by molar-refractivity contribution is -0.143. The fourth-order valence-corrected chi connectivity index (χ4v) is 1.14. The van der Waals surface area contributed by atoms with Crippen molar-refractivity contribution in [3.8, 4) is 0 Å². The van der Waals surface area contributed by atoms with Crippen LogP contribution < -0.4 is 0 Å². The van der Waals surface area contributed by atoms with Crippen molar-refractivity contribution < 1.29 is 22.7 Å². The van der Waals surface area contributed by atoms with Crippen LogP contribution in [0.2, 0.25) is 0 Å². The van der Waals surface area contributed by atoms with E-state index in [4.69, 9.17) is 0 Å². The Kier molecular flexibility index (Phi) is 3.55. The van der Waals surface area contributed by atoms with Gasteiger partial charge in [-0.3, -0.25) is 0 Å². The van der Waals surface area contributed by atoms with E-state index in [0.29, 0.717) is 6.08 Å². The van der Waals surface area contributed by atoms with Gasteiger partial charge >= 0.3 is 5.97 Å². The SMILES string of the molecule is CC(C)OC(=O)C1=CC(F)=C(F)CC1F. The zero-order valence-electron chi connectivity index (χ0n) is 8.39. The Hall–Kier alpha value is -1.26. The Morgan fingerprint density at radius 1 is 1.53 bits per heavy atom. The van der Waals surface area contributed by atoms with Crippen LogP contribution in [0, 0.1) is 0 Å². The third-order valence-corrected chi connectivity index (χ3v) is 1.82. The fourth-order valence-electron chi connectivity index (χ4n) is 1.14. The molecule has 0 N–H and O–H groups in total. The van der Waals surface area contributed by atoms with Gasteiger partial charge in [-0.15, -0.1) is 0 Å². The fraction of sp³-hybridized carbons (Fsp3) is 0.500. The highest BCUT2D eigenvalue weighted by molar-refractivity contribution is 5.90. The lowest BCUT2D eigenvalue weighted by atomic mass is 10.0. The van der Waals surface area contributed by atoms with E-state index in [2.05, 4.69) is 4.74 Å². The lowest BCUT2D eigenvalue weighted by Crippen LogP contribution is -2.22. The van der Waals surface area contributed by atoms with Crippen molar-refractivity contribution in [1.82, 2.24) is 0 Å². The average Bonchev–Trinajstić information content (AvgIpc) is 2.09. The second-order valence-corrected chi connectivity index (χ2v) is 3.48. The van der Waals surface area contributed by atoms with E-state index in [1.54, 1.807) is 13.8 Å². The van der Waals surface area contributed by atoms with E-state index in [9.17, 15) is 18.0 Å². The Morgan fingerprint density at radius 3 is 2.67 bits per heavy atom. The van der Waals surface area contributed by atoms with Crippen LogP contribution in [-0.4, -0.2) is 18.2 Å². The molecule has 84 valence electrons. The summed E-state index contributed by atoms with van der Waals surface area (Å²) < 4.78 is 43.2. The largest absolute Gasteiger partial charge is 0.460 e. The molecule has 15 heavy (non-hydrogen) atoms. The standard InChI is InChI=1S/C10H11F3O2/c1-5(2)15-10(14)6-3-8(12)9(13)4-7(6)11/h3,5,7H,4H2,1-2H3. The van der Waals surface area contributed by atoms with Gasteiger partial charge < -0.3 is 4.74 Å². The van der Waals surface area contributed by atoms with Crippen LogP contribution in [0.3, 0.4) is 0 Å². The molecule has 2 nitrogen and oxygen atoms in total. The van der Waals surface area contributed by atoms with Gasteiger partial charge in [0.15, 0.2) is 5.83 Å². The molecule has 5 heteroatoms. The van der Waals surface area contributed by atoms with Crippen molar-refractivity contribution in [1.29, 1.82) is 0 Å². The van der Waals surface area contributed by atoms with Crippen LogP contribution in [0.1, 0.15) is 20.3 Å². The normalized spacial score (nSPS) is 21.7. The number of ether oxygens (including phenoxy) is 1. The van der Waals surface area contributed by atoms with E-state index in [0.717, 1.165) is 0 Å². The maximum atomic E-state index is 13.2. The maximum Gasteiger partial charge on any atom is 0.337 e. The molecule has 0 aromatic rings. The molecule has 0 saturated heterocycles. The van der Waals surface area contributed by atoms with Crippen LogP contribution in [-0.2, 0) is 9.53 Å². The second-order valence-electron chi connectivity index (χ2n) is 3.48. The van der Waals surface area contributed by atoms with Crippen LogP contribution in [0.4, 0.5) is 13.2 Å². The minimum Gasteiger partial charge on any atom is -0.460 e. The van der Waals surface area contributed by atoms with Gasteiger partial charge in [0.2, 0.25) is 0 Å². The van der Waals surface area contributed by atoms with E-state index in [1.807, 2.05) is 0 Å². The molecule has 0 heterocycles. The van der Waals surface area contributed by atoms with Crippen molar-refractivity contribution in [2.24, 2.45) is 0 Å². The quantitative estimate of drug-likeness (QED) is 0.669. The third kappa shape index (κ3) is 2.84. The monoisotopic (exact) mass is 220 g/mol. The molecular formula is C10H11F3O2. The first-order valence-corrected chi connectivity index (χ1v) is 4.52. The predicted octanol–water partition coefficient (Wildman–Crippen LogP) is 2.76. The molecule has 0 aliphatic heterocycles. The molecular weight excluding hydrogens is 209 g/mol. The number of carbonyl (C=O) groups is 1. The molecule has 0 aromatic carbocycles.